The molecule has 1 N–H and O–H groups in total. The second-order valence-corrected chi connectivity index (χ2v) is 4.94. The lowest BCUT2D eigenvalue weighted by Crippen LogP contribution is -2.27. The lowest BCUT2D eigenvalue weighted by atomic mass is 10.2. The van der Waals surface area contributed by atoms with Crippen molar-refractivity contribution in [1.29, 1.82) is 0 Å². The Morgan fingerprint density at radius 1 is 1.80 bits per heavy atom. The first-order valence-corrected chi connectivity index (χ1v) is 4.52. The molecule has 10 heavy (non-hydrogen) atoms. The molecule has 0 aromatic carbocycles. The van der Waals surface area contributed by atoms with Crippen molar-refractivity contribution in [2.75, 3.05) is 6.54 Å². The highest BCUT2D eigenvalue weighted by Gasteiger charge is 2.27. The van der Waals surface area contributed by atoms with Gasteiger partial charge < -0.3 is 5.11 Å². The summed E-state index contributed by atoms with van der Waals surface area (Å²) in [5, 5.41) is 10.2. The second kappa shape index (κ2) is 2.75. The number of aliphatic imine (C=N–C) groups is 1. The number of hydrogen-bond acceptors (Lipinski definition) is 4. The van der Waals surface area contributed by atoms with Gasteiger partial charge >= 0.3 is 0 Å². The Hall–Kier alpha value is 0.330. The highest BCUT2D eigenvalue weighted by atomic mass is 32.2. The van der Waals surface area contributed by atoms with Crippen molar-refractivity contribution in [3.05, 3.63) is 0 Å². The van der Waals surface area contributed by atoms with Gasteiger partial charge in [-0.05, 0) is 13.8 Å². The smallest absolute Gasteiger partial charge is 0.107 e. The summed E-state index contributed by atoms with van der Waals surface area (Å²) in [5.74, 6) is 0. The molecule has 0 saturated carbocycles. The van der Waals surface area contributed by atoms with Crippen molar-refractivity contribution in [3.63, 3.8) is 0 Å². The summed E-state index contributed by atoms with van der Waals surface area (Å²) < 4.78 is 0.237. The van der Waals surface area contributed by atoms with Gasteiger partial charge in [-0.3, -0.25) is 4.99 Å². The van der Waals surface area contributed by atoms with Crippen LogP contribution in [0.4, 0.5) is 0 Å². The third-order valence-corrected chi connectivity index (χ3v) is 2.91. The molecule has 58 valence electrons. The fraction of sp³-hybridized carbons (Fsp3) is 0.833. The number of thiol groups is 1. The largest absolute Gasteiger partial charge is 0.384 e. The van der Waals surface area contributed by atoms with E-state index in [0.717, 1.165) is 5.04 Å². The summed E-state index contributed by atoms with van der Waals surface area (Å²) in [5.41, 5.74) is -0.776. The average molecular weight is 177 g/mol. The van der Waals surface area contributed by atoms with Crippen LogP contribution in [0.3, 0.4) is 0 Å². The van der Waals surface area contributed by atoms with Crippen LogP contribution in [0.5, 0.6) is 0 Å². The SMILES string of the molecule is CC(C)(O)C1=NCC(S)S1. The van der Waals surface area contributed by atoms with E-state index in [9.17, 15) is 5.11 Å². The summed E-state index contributed by atoms with van der Waals surface area (Å²) in [4.78, 5) is 4.14. The second-order valence-electron chi connectivity index (χ2n) is 2.78. The zero-order valence-corrected chi connectivity index (χ0v) is 7.75. The van der Waals surface area contributed by atoms with E-state index in [-0.39, 0.29) is 4.58 Å². The van der Waals surface area contributed by atoms with E-state index in [2.05, 4.69) is 17.6 Å². The van der Waals surface area contributed by atoms with Gasteiger partial charge in [0.2, 0.25) is 0 Å². The van der Waals surface area contributed by atoms with E-state index in [0.29, 0.717) is 6.54 Å². The highest BCUT2D eigenvalue weighted by Crippen LogP contribution is 2.29. The van der Waals surface area contributed by atoms with Crippen molar-refractivity contribution >= 4 is 29.4 Å². The molecule has 1 heterocycles. The molecule has 0 aromatic heterocycles. The number of aliphatic hydroxyl groups is 1. The van der Waals surface area contributed by atoms with E-state index in [1.54, 1.807) is 13.8 Å². The molecule has 0 bridgehead atoms. The predicted molar refractivity (Wildman–Crippen MR) is 49.0 cm³/mol. The van der Waals surface area contributed by atoms with Crippen LogP contribution in [0.25, 0.3) is 0 Å². The van der Waals surface area contributed by atoms with Gasteiger partial charge in [-0.15, -0.1) is 0 Å². The lowest BCUT2D eigenvalue weighted by Gasteiger charge is -2.16. The zero-order chi connectivity index (χ0) is 7.78. The normalized spacial score (nSPS) is 26.8. The molecule has 1 atom stereocenters. The summed E-state index contributed by atoms with van der Waals surface area (Å²) in [7, 11) is 0. The summed E-state index contributed by atoms with van der Waals surface area (Å²) in [6, 6.07) is 0. The monoisotopic (exact) mass is 177 g/mol. The Bertz CT molecular complexity index is 162. The molecule has 1 aliphatic heterocycles. The zero-order valence-electron chi connectivity index (χ0n) is 6.03. The quantitative estimate of drug-likeness (QED) is 0.589. The van der Waals surface area contributed by atoms with Gasteiger partial charge in [-0.25, -0.2) is 0 Å². The standard InChI is InChI=1S/C6H11NOS2/c1-6(2,8)5-7-3-4(9)10-5/h4,8-9H,3H2,1-2H3. The van der Waals surface area contributed by atoms with Crippen LogP contribution in [0.2, 0.25) is 0 Å². The van der Waals surface area contributed by atoms with Crippen LogP contribution in [0, 0.1) is 0 Å². The first-order chi connectivity index (χ1) is 4.50. The maximum atomic E-state index is 9.45. The Labute approximate surface area is 70.5 Å². The average Bonchev–Trinajstić information content (AvgIpc) is 2.11. The van der Waals surface area contributed by atoms with Crippen molar-refractivity contribution in [3.8, 4) is 0 Å². The molecular weight excluding hydrogens is 166 g/mol. The van der Waals surface area contributed by atoms with E-state index >= 15 is 0 Å². The summed E-state index contributed by atoms with van der Waals surface area (Å²) in [6.45, 7) is 4.20. The molecule has 1 aliphatic rings. The maximum Gasteiger partial charge on any atom is 0.107 e. The molecule has 0 amide bonds. The van der Waals surface area contributed by atoms with Gasteiger partial charge in [0.1, 0.15) is 5.60 Å². The molecule has 4 heteroatoms. The minimum Gasteiger partial charge on any atom is -0.384 e. The Morgan fingerprint density at radius 3 is 2.60 bits per heavy atom. The fourth-order valence-electron chi connectivity index (χ4n) is 0.702. The van der Waals surface area contributed by atoms with Crippen molar-refractivity contribution in [2.45, 2.75) is 24.0 Å². The molecule has 0 fully saturated rings. The molecule has 0 saturated heterocycles. The topological polar surface area (TPSA) is 32.6 Å². The minimum absolute atomic E-state index is 0.237. The number of thioether (sulfide) groups is 1. The molecule has 2 nitrogen and oxygen atoms in total. The predicted octanol–water partition coefficient (Wildman–Crippen LogP) is 1.16. The van der Waals surface area contributed by atoms with Crippen LogP contribution in [0.1, 0.15) is 13.8 Å². The highest BCUT2D eigenvalue weighted by molar-refractivity contribution is 8.21. The molecule has 0 aliphatic carbocycles. The van der Waals surface area contributed by atoms with Crippen LogP contribution in [0.15, 0.2) is 4.99 Å². The molecule has 0 spiro atoms. The number of hydrogen-bond donors (Lipinski definition) is 2. The third kappa shape index (κ3) is 1.90. The first kappa shape index (κ1) is 8.43. The molecule has 0 aromatic rings. The maximum absolute atomic E-state index is 9.45. The van der Waals surface area contributed by atoms with Gasteiger partial charge in [0.05, 0.1) is 16.2 Å². The van der Waals surface area contributed by atoms with E-state index < -0.39 is 5.60 Å². The van der Waals surface area contributed by atoms with Crippen LogP contribution in [-0.2, 0) is 0 Å². The Kier molecular flexibility index (Phi) is 2.32. The van der Waals surface area contributed by atoms with Crippen LogP contribution >= 0.6 is 24.4 Å². The lowest BCUT2D eigenvalue weighted by molar-refractivity contribution is 0.157. The number of rotatable bonds is 1. The van der Waals surface area contributed by atoms with Gasteiger partial charge in [-0.1, -0.05) is 11.8 Å². The van der Waals surface area contributed by atoms with E-state index in [1.807, 2.05) is 0 Å². The van der Waals surface area contributed by atoms with Crippen molar-refractivity contribution in [1.82, 2.24) is 0 Å². The minimum atomic E-state index is -0.776. The fourth-order valence-corrected chi connectivity index (χ4v) is 1.93. The third-order valence-electron chi connectivity index (χ3n) is 1.16. The Morgan fingerprint density at radius 2 is 2.40 bits per heavy atom. The summed E-state index contributed by atoms with van der Waals surface area (Å²) >= 11 is 5.76. The van der Waals surface area contributed by atoms with Crippen molar-refractivity contribution < 1.29 is 5.11 Å². The van der Waals surface area contributed by atoms with Gasteiger partial charge in [0.15, 0.2) is 0 Å². The number of nitrogens with zero attached hydrogens (tertiary/aromatic N) is 1. The Balaban J connectivity index is 2.60. The van der Waals surface area contributed by atoms with Gasteiger partial charge in [-0.2, -0.15) is 12.6 Å². The molecular formula is C6H11NOS2. The van der Waals surface area contributed by atoms with Gasteiger partial charge in [0, 0.05) is 0 Å². The molecule has 0 radical (unpaired) electrons. The van der Waals surface area contributed by atoms with Crippen molar-refractivity contribution in [2.24, 2.45) is 4.99 Å². The van der Waals surface area contributed by atoms with E-state index in [4.69, 9.17) is 0 Å². The van der Waals surface area contributed by atoms with Crippen LogP contribution in [-0.4, -0.2) is 26.9 Å². The summed E-state index contributed by atoms with van der Waals surface area (Å²) in [6.07, 6.45) is 0. The first-order valence-electron chi connectivity index (χ1n) is 3.12. The van der Waals surface area contributed by atoms with Crippen LogP contribution < -0.4 is 0 Å². The molecule has 1 unspecified atom stereocenters. The van der Waals surface area contributed by atoms with E-state index in [1.165, 1.54) is 11.8 Å². The van der Waals surface area contributed by atoms with Gasteiger partial charge in [0.25, 0.3) is 0 Å². The molecule has 1 rings (SSSR count).